The molecule has 14 heavy (non-hydrogen) atoms. The zero-order valence-electron chi connectivity index (χ0n) is 8.63. The van der Waals surface area contributed by atoms with Gasteiger partial charge in [0.2, 0.25) is 0 Å². The Kier molecular flexibility index (Phi) is 2.88. The summed E-state index contributed by atoms with van der Waals surface area (Å²) in [4.78, 5) is 4.61. The Hall–Kier alpha value is -0.410. The van der Waals surface area contributed by atoms with Crippen LogP contribution >= 0.6 is 23.5 Å². The molecule has 0 unspecified atom stereocenters. The number of benzene rings is 1. The van der Waals surface area contributed by atoms with Crippen LogP contribution in [0.25, 0.3) is 0 Å². The van der Waals surface area contributed by atoms with Crippen LogP contribution in [0.1, 0.15) is 16.7 Å². The van der Waals surface area contributed by atoms with Gasteiger partial charge in [-0.2, -0.15) is 0 Å². The van der Waals surface area contributed by atoms with E-state index in [0.717, 1.165) is 10.8 Å². The smallest absolute Gasteiger partial charge is 0.132 e. The lowest BCUT2D eigenvalue weighted by Crippen LogP contribution is -1.97. The highest BCUT2D eigenvalue weighted by Gasteiger charge is 2.12. The Morgan fingerprint density at radius 3 is 2.21 bits per heavy atom. The van der Waals surface area contributed by atoms with Crippen molar-refractivity contribution in [3.8, 4) is 0 Å². The van der Waals surface area contributed by atoms with E-state index in [4.69, 9.17) is 0 Å². The summed E-state index contributed by atoms with van der Waals surface area (Å²) in [5.74, 6) is 0. The van der Waals surface area contributed by atoms with E-state index in [9.17, 15) is 0 Å². The molecule has 1 nitrogen and oxygen atoms in total. The fraction of sp³-hybridized carbons (Fsp3) is 0.364. The molecule has 2 rings (SSSR count). The molecule has 0 spiro atoms. The van der Waals surface area contributed by atoms with Gasteiger partial charge < -0.3 is 0 Å². The summed E-state index contributed by atoms with van der Waals surface area (Å²) < 4.78 is 1.20. The topological polar surface area (TPSA) is 12.4 Å². The maximum absolute atomic E-state index is 4.61. The van der Waals surface area contributed by atoms with Crippen molar-refractivity contribution in [3.05, 3.63) is 28.8 Å². The molecule has 1 aromatic rings. The number of hydrogen-bond donors (Lipinski definition) is 0. The molecule has 1 fully saturated rings. The molecule has 1 saturated heterocycles. The zero-order valence-corrected chi connectivity index (χ0v) is 10.3. The minimum absolute atomic E-state index is 1.13. The molecule has 1 heterocycles. The molecule has 0 aromatic heterocycles. The molecule has 1 aromatic carbocycles. The first-order valence-electron chi connectivity index (χ1n) is 4.59. The molecular weight excluding hydrogens is 210 g/mol. The summed E-state index contributed by atoms with van der Waals surface area (Å²) >= 11 is 3.66. The number of aryl methyl sites for hydroxylation is 3. The fourth-order valence-corrected chi connectivity index (χ4v) is 2.56. The first-order valence-corrected chi connectivity index (χ1v) is 6.56. The van der Waals surface area contributed by atoms with Crippen LogP contribution in [0.2, 0.25) is 0 Å². The van der Waals surface area contributed by atoms with Gasteiger partial charge in [0.15, 0.2) is 0 Å². The Labute approximate surface area is 93.4 Å². The molecule has 74 valence electrons. The van der Waals surface area contributed by atoms with Gasteiger partial charge in [0.05, 0.1) is 10.8 Å². The molecule has 0 atom stereocenters. The average Bonchev–Trinajstić information content (AvgIpc) is 2.06. The highest BCUT2D eigenvalue weighted by atomic mass is 32.3. The van der Waals surface area contributed by atoms with Crippen LogP contribution in [0.15, 0.2) is 17.1 Å². The van der Waals surface area contributed by atoms with Crippen LogP contribution in [0.4, 0.5) is 5.69 Å². The highest BCUT2D eigenvalue weighted by Crippen LogP contribution is 2.36. The molecule has 1 aliphatic rings. The van der Waals surface area contributed by atoms with Gasteiger partial charge in [0, 0.05) is 0 Å². The molecule has 0 saturated carbocycles. The molecule has 0 radical (unpaired) electrons. The maximum Gasteiger partial charge on any atom is 0.132 e. The fourth-order valence-electron chi connectivity index (χ4n) is 1.34. The number of aliphatic imine (C=N–C) groups is 1. The molecule has 0 aliphatic carbocycles. The second kappa shape index (κ2) is 3.99. The van der Waals surface area contributed by atoms with Crippen molar-refractivity contribution in [1.82, 2.24) is 0 Å². The van der Waals surface area contributed by atoms with E-state index < -0.39 is 0 Å². The van der Waals surface area contributed by atoms with Crippen LogP contribution in [0.3, 0.4) is 0 Å². The van der Waals surface area contributed by atoms with Crippen molar-refractivity contribution in [3.63, 3.8) is 0 Å². The van der Waals surface area contributed by atoms with Gasteiger partial charge in [-0.3, -0.25) is 0 Å². The van der Waals surface area contributed by atoms with Crippen LogP contribution in [-0.2, 0) is 0 Å². The number of thioether (sulfide) groups is 2. The summed E-state index contributed by atoms with van der Waals surface area (Å²) in [7, 11) is 0. The highest BCUT2D eigenvalue weighted by molar-refractivity contribution is 8.52. The summed E-state index contributed by atoms with van der Waals surface area (Å²) in [6.45, 7) is 6.41. The van der Waals surface area contributed by atoms with E-state index >= 15 is 0 Å². The summed E-state index contributed by atoms with van der Waals surface area (Å²) in [5, 5.41) is 1.16. The predicted molar refractivity (Wildman–Crippen MR) is 67.8 cm³/mol. The second-order valence-electron chi connectivity index (χ2n) is 3.51. The minimum Gasteiger partial charge on any atom is -0.235 e. The van der Waals surface area contributed by atoms with Gasteiger partial charge in [-0.1, -0.05) is 29.6 Å². The molecule has 0 N–H and O–H groups in total. The maximum atomic E-state index is 4.61. The third-order valence-electron chi connectivity index (χ3n) is 2.39. The molecule has 1 aliphatic heterocycles. The third kappa shape index (κ3) is 1.98. The van der Waals surface area contributed by atoms with E-state index in [2.05, 4.69) is 37.9 Å². The van der Waals surface area contributed by atoms with E-state index in [0.29, 0.717) is 0 Å². The number of hydrogen-bond acceptors (Lipinski definition) is 3. The lowest BCUT2D eigenvalue weighted by molar-refractivity contribution is 1.28. The van der Waals surface area contributed by atoms with Crippen molar-refractivity contribution in [2.75, 3.05) is 5.08 Å². The van der Waals surface area contributed by atoms with Gasteiger partial charge >= 0.3 is 0 Å². The van der Waals surface area contributed by atoms with Crippen molar-refractivity contribution in [2.24, 2.45) is 4.99 Å². The quantitative estimate of drug-likeness (QED) is 0.712. The Bertz CT molecular complexity index is 391. The Morgan fingerprint density at radius 2 is 1.64 bits per heavy atom. The lowest BCUT2D eigenvalue weighted by Gasteiger charge is -2.14. The third-order valence-corrected chi connectivity index (χ3v) is 4.72. The zero-order chi connectivity index (χ0) is 10.1. The predicted octanol–water partition coefficient (Wildman–Crippen LogP) is 4.04. The minimum atomic E-state index is 1.13. The Balaban J connectivity index is 2.37. The first-order chi connectivity index (χ1) is 6.66. The largest absolute Gasteiger partial charge is 0.235 e. The van der Waals surface area contributed by atoms with E-state index in [1.165, 1.54) is 21.1 Å². The standard InChI is InChI=1S/C11H13NS2/c1-7-4-9(3)10(5-8(7)2)12-11-13-6-14-11/h4-5H,6H2,1-3H3. The summed E-state index contributed by atoms with van der Waals surface area (Å²) in [5.41, 5.74) is 5.07. The van der Waals surface area contributed by atoms with E-state index in [-0.39, 0.29) is 0 Å². The van der Waals surface area contributed by atoms with Crippen LogP contribution in [0, 0.1) is 20.8 Å². The molecular formula is C11H13NS2. The number of nitrogens with zero attached hydrogens (tertiary/aromatic N) is 1. The molecule has 0 amide bonds. The van der Waals surface area contributed by atoms with Crippen molar-refractivity contribution in [1.29, 1.82) is 0 Å². The number of rotatable bonds is 1. The van der Waals surface area contributed by atoms with Crippen molar-refractivity contribution >= 4 is 33.6 Å². The van der Waals surface area contributed by atoms with Crippen LogP contribution < -0.4 is 0 Å². The van der Waals surface area contributed by atoms with E-state index in [1.54, 1.807) is 0 Å². The summed E-state index contributed by atoms with van der Waals surface area (Å²) in [6, 6.07) is 4.39. The normalized spacial score (nSPS) is 15.2. The lowest BCUT2D eigenvalue weighted by atomic mass is 10.1. The SMILES string of the molecule is Cc1cc(C)c(N=C2SCS2)cc1C. The summed E-state index contributed by atoms with van der Waals surface area (Å²) in [6.07, 6.45) is 0. The van der Waals surface area contributed by atoms with Crippen molar-refractivity contribution < 1.29 is 0 Å². The van der Waals surface area contributed by atoms with Crippen LogP contribution in [0.5, 0.6) is 0 Å². The molecule has 0 bridgehead atoms. The average molecular weight is 223 g/mol. The van der Waals surface area contributed by atoms with Gasteiger partial charge in [0.1, 0.15) is 4.38 Å². The van der Waals surface area contributed by atoms with E-state index in [1.807, 2.05) is 23.5 Å². The van der Waals surface area contributed by atoms with Gasteiger partial charge in [0.25, 0.3) is 0 Å². The van der Waals surface area contributed by atoms with Gasteiger partial charge in [-0.25, -0.2) is 4.99 Å². The van der Waals surface area contributed by atoms with Crippen molar-refractivity contribution in [2.45, 2.75) is 20.8 Å². The molecule has 3 heteroatoms. The van der Waals surface area contributed by atoms with Gasteiger partial charge in [-0.05, 0) is 43.5 Å². The van der Waals surface area contributed by atoms with Gasteiger partial charge in [-0.15, -0.1) is 0 Å². The first kappa shape index (κ1) is 10.1. The van der Waals surface area contributed by atoms with Crippen LogP contribution in [-0.4, -0.2) is 9.46 Å². The monoisotopic (exact) mass is 223 g/mol. The second-order valence-corrected chi connectivity index (χ2v) is 6.06. The Morgan fingerprint density at radius 1 is 1.00 bits per heavy atom.